The molecule has 7 unspecified atom stereocenters. The van der Waals surface area contributed by atoms with Gasteiger partial charge in [0.15, 0.2) is 0 Å². The summed E-state index contributed by atoms with van der Waals surface area (Å²) in [6.45, 7) is 6.19. The maximum absolute atomic E-state index is 13.6. The van der Waals surface area contributed by atoms with Gasteiger partial charge in [0, 0.05) is 17.6 Å². The first-order valence-electron chi connectivity index (χ1n) is 12.3. The number of rotatable bonds is 7. The lowest BCUT2D eigenvalue weighted by Gasteiger charge is -2.48. The summed E-state index contributed by atoms with van der Waals surface area (Å²) in [6, 6.07) is -0.599. The van der Waals surface area contributed by atoms with E-state index < -0.39 is 27.4 Å². The van der Waals surface area contributed by atoms with Crippen molar-refractivity contribution in [3.63, 3.8) is 0 Å². The van der Waals surface area contributed by atoms with E-state index in [1.54, 1.807) is 4.90 Å². The van der Waals surface area contributed by atoms with Crippen LogP contribution in [0.3, 0.4) is 0 Å². The van der Waals surface area contributed by atoms with Crippen molar-refractivity contribution in [2.45, 2.75) is 101 Å². The van der Waals surface area contributed by atoms with E-state index in [9.17, 15) is 18.0 Å². The van der Waals surface area contributed by atoms with E-state index in [0.717, 1.165) is 12.8 Å². The summed E-state index contributed by atoms with van der Waals surface area (Å²) in [7, 11) is -3.57. The number of carbonyl (C=O) groups excluding carboxylic acids is 2. The number of carbonyl (C=O) groups is 2. The minimum atomic E-state index is -3.57. The summed E-state index contributed by atoms with van der Waals surface area (Å²) in [4.78, 5) is 41.1. The molecule has 2 saturated carbocycles. The molecule has 0 radical (unpaired) electrons. The van der Waals surface area contributed by atoms with Crippen molar-refractivity contribution in [1.82, 2.24) is 30.8 Å². The molecule has 13 heteroatoms. The van der Waals surface area contributed by atoms with E-state index >= 15 is 0 Å². The molecule has 2 aliphatic carbocycles. The Morgan fingerprint density at radius 2 is 1.85 bits per heavy atom. The first-order chi connectivity index (χ1) is 16.0. The monoisotopic (exact) mass is 500 g/mol. The van der Waals surface area contributed by atoms with Crippen LogP contribution in [0.15, 0.2) is 0 Å². The lowest BCUT2D eigenvalue weighted by molar-refractivity contribution is -0.143. The summed E-state index contributed by atoms with van der Waals surface area (Å²) >= 11 is 0. The summed E-state index contributed by atoms with van der Waals surface area (Å²) in [6.07, 6.45) is 2.61. The topological polar surface area (TPSA) is 141 Å². The van der Waals surface area contributed by atoms with Gasteiger partial charge in [0.05, 0.1) is 36.5 Å². The number of hydrogen-bond donors (Lipinski definition) is 4. The minimum Gasteiger partial charge on any atom is -0.316 e. The molecule has 3 amide bonds. The maximum atomic E-state index is 13.6. The molecule has 0 aromatic heterocycles. The van der Waals surface area contributed by atoms with Crippen LogP contribution in [0.4, 0.5) is 4.79 Å². The number of fused-ring (bicyclic) bond motifs is 1. The van der Waals surface area contributed by atoms with Gasteiger partial charge < -0.3 is 4.90 Å². The van der Waals surface area contributed by atoms with Gasteiger partial charge in [-0.05, 0) is 59.3 Å². The Labute approximate surface area is 200 Å². The van der Waals surface area contributed by atoms with Gasteiger partial charge in [-0.25, -0.2) is 17.9 Å². The van der Waals surface area contributed by atoms with Crippen LogP contribution in [-0.2, 0) is 24.5 Å². The van der Waals surface area contributed by atoms with Gasteiger partial charge in [0.2, 0.25) is 15.9 Å². The van der Waals surface area contributed by atoms with Crippen LogP contribution in [0.1, 0.15) is 59.3 Å². The normalized spacial score (nSPS) is 40.0. The first-order valence-corrected chi connectivity index (χ1v) is 13.8. The first kappa shape index (κ1) is 24.3. The molecule has 0 spiro atoms. The van der Waals surface area contributed by atoms with Crippen LogP contribution in [-0.4, -0.2) is 84.6 Å². The highest BCUT2D eigenvalue weighted by Gasteiger charge is 2.53. The molecule has 3 aliphatic heterocycles. The predicted octanol–water partition coefficient (Wildman–Crippen LogP) is -0.262. The Morgan fingerprint density at radius 3 is 2.47 bits per heavy atom. The Hall–Kier alpha value is -1.35. The number of imide groups is 1. The van der Waals surface area contributed by atoms with Crippen molar-refractivity contribution < 1.29 is 27.7 Å². The van der Waals surface area contributed by atoms with Crippen LogP contribution < -0.4 is 21.0 Å². The lowest BCUT2D eigenvalue weighted by Crippen LogP contribution is -2.66. The number of nitrogens with one attached hydrogen (secondary N) is 4. The quantitative estimate of drug-likeness (QED) is 0.372. The van der Waals surface area contributed by atoms with Gasteiger partial charge in [-0.1, -0.05) is 0 Å². The summed E-state index contributed by atoms with van der Waals surface area (Å²) in [5, 5.41) is 2.56. The van der Waals surface area contributed by atoms with E-state index in [2.05, 4.69) is 21.0 Å². The molecule has 5 fully saturated rings. The van der Waals surface area contributed by atoms with Crippen molar-refractivity contribution in [2.24, 2.45) is 5.92 Å². The van der Waals surface area contributed by atoms with Crippen molar-refractivity contribution in [3.8, 4) is 0 Å². The highest BCUT2D eigenvalue weighted by molar-refractivity contribution is 7.90. The molecule has 4 N–H and O–H groups in total. The molecule has 5 rings (SSSR count). The average Bonchev–Trinajstić information content (AvgIpc) is 3.14. The van der Waals surface area contributed by atoms with Crippen LogP contribution in [0, 0.1) is 5.92 Å². The van der Waals surface area contributed by atoms with Crippen molar-refractivity contribution in [2.75, 3.05) is 13.1 Å². The largest absolute Gasteiger partial charge is 0.327 e. The molecule has 0 bridgehead atoms. The molecular weight excluding hydrogens is 464 g/mol. The molecule has 0 aromatic rings. The Kier molecular flexibility index (Phi) is 6.41. The Bertz CT molecular complexity index is 929. The summed E-state index contributed by atoms with van der Waals surface area (Å²) < 4.78 is 29.0. The van der Waals surface area contributed by atoms with Gasteiger partial charge in [0.1, 0.15) is 6.23 Å². The van der Waals surface area contributed by atoms with Crippen molar-refractivity contribution >= 4 is 22.0 Å². The van der Waals surface area contributed by atoms with E-state index in [-0.39, 0.29) is 61.3 Å². The highest BCUT2D eigenvalue weighted by Crippen LogP contribution is 2.40. The molecular formula is C21H36N6O6S. The van der Waals surface area contributed by atoms with E-state index in [1.807, 2.05) is 20.8 Å². The van der Waals surface area contributed by atoms with Crippen LogP contribution in [0.25, 0.3) is 0 Å². The zero-order chi connectivity index (χ0) is 24.3. The van der Waals surface area contributed by atoms with Gasteiger partial charge in [0.25, 0.3) is 0 Å². The number of urea groups is 1. The third-order valence-corrected chi connectivity index (χ3v) is 9.76. The van der Waals surface area contributed by atoms with Gasteiger partial charge in [-0.15, -0.1) is 0 Å². The fourth-order valence-electron chi connectivity index (χ4n) is 5.54. The van der Waals surface area contributed by atoms with Crippen LogP contribution in [0.2, 0.25) is 0 Å². The molecule has 0 aromatic carbocycles. The SMILES string of the molecule is CC1CC(CN2C(=O)C3CC(S(=O)(=O)NC4(C)CC4)CCC3N(CC3NC(C)NO3)C2=O)ON1. The van der Waals surface area contributed by atoms with E-state index in [0.29, 0.717) is 19.3 Å². The van der Waals surface area contributed by atoms with E-state index in [4.69, 9.17) is 9.68 Å². The third-order valence-electron chi connectivity index (χ3n) is 7.68. The lowest BCUT2D eigenvalue weighted by atomic mass is 9.80. The van der Waals surface area contributed by atoms with Gasteiger partial charge >= 0.3 is 6.03 Å². The summed E-state index contributed by atoms with van der Waals surface area (Å²) in [5.41, 5.74) is 5.36. The highest BCUT2D eigenvalue weighted by atomic mass is 32.2. The third kappa shape index (κ3) is 4.84. The zero-order valence-electron chi connectivity index (χ0n) is 20.0. The molecule has 3 saturated heterocycles. The summed E-state index contributed by atoms with van der Waals surface area (Å²) in [5.74, 6) is -0.891. The smallest absolute Gasteiger partial charge is 0.316 e. The minimum absolute atomic E-state index is 0.0615. The molecule has 34 heavy (non-hydrogen) atoms. The molecule has 3 heterocycles. The Balaban J connectivity index is 1.36. The Morgan fingerprint density at radius 1 is 1.09 bits per heavy atom. The number of amides is 3. The van der Waals surface area contributed by atoms with Gasteiger partial charge in [-0.2, -0.15) is 11.0 Å². The predicted molar refractivity (Wildman–Crippen MR) is 121 cm³/mol. The number of nitrogens with zero attached hydrogens (tertiary/aromatic N) is 2. The zero-order valence-corrected chi connectivity index (χ0v) is 20.8. The molecule has 192 valence electrons. The standard InChI is InChI=1S/C21H36N6O6S/c1-12-8-14(32-23-12)10-27-19(28)16-9-15(34(30,31)25-21(3)6-7-21)4-5-17(16)26(20(27)29)11-18-22-13(2)24-33-18/h12-18,22-25H,4-11H2,1-3H3. The number of hydroxylamine groups is 2. The second-order valence-corrected chi connectivity index (χ2v) is 12.8. The molecule has 5 aliphatic rings. The van der Waals surface area contributed by atoms with Crippen LogP contribution in [0.5, 0.6) is 0 Å². The maximum Gasteiger partial charge on any atom is 0.327 e. The second-order valence-electron chi connectivity index (χ2n) is 10.8. The van der Waals surface area contributed by atoms with Crippen molar-refractivity contribution in [3.05, 3.63) is 0 Å². The molecule has 7 atom stereocenters. The average molecular weight is 501 g/mol. The van der Waals surface area contributed by atoms with E-state index in [1.165, 1.54) is 4.90 Å². The van der Waals surface area contributed by atoms with Crippen LogP contribution >= 0.6 is 0 Å². The van der Waals surface area contributed by atoms with Gasteiger partial charge in [-0.3, -0.25) is 24.7 Å². The second kappa shape index (κ2) is 8.95. The fraction of sp³-hybridized carbons (Fsp3) is 0.905. The van der Waals surface area contributed by atoms with Crippen molar-refractivity contribution in [1.29, 1.82) is 0 Å². The molecule has 12 nitrogen and oxygen atoms in total. The fourth-order valence-corrected chi connectivity index (χ4v) is 7.51. The number of sulfonamides is 1. The number of hydrogen-bond acceptors (Lipinski definition) is 9.